The van der Waals surface area contributed by atoms with E-state index in [9.17, 15) is 13.6 Å². The molecule has 3 nitrogen and oxygen atoms in total. The van der Waals surface area contributed by atoms with Crippen molar-refractivity contribution >= 4 is 21.8 Å². The average Bonchev–Trinajstić information content (AvgIpc) is 2.28. The molecule has 0 aliphatic rings. The molecule has 1 amide bonds. The molecule has 94 valence electrons. The highest BCUT2D eigenvalue weighted by Crippen LogP contribution is 2.15. The average molecular weight is 308 g/mol. The van der Waals surface area contributed by atoms with Crippen molar-refractivity contribution < 1.29 is 18.3 Å². The Morgan fingerprint density at radius 1 is 1.53 bits per heavy atom. The molecule has 0 radical (unpaired) electrons. The van der Waals surface area contributed by atoms with Gasteiger partial charge in [-0.2, -0.15) is 8.78 Å². The lowest BCUT2D eigenvalue weighted by Crippen LogP contribution is -2.33. The second-order valence-electron chi connectivity index (χ2n) is 3.44. The van der Waals surface area contributed by atoms with E-state index in [-0.39, 0.29) is 23.3 Å². The molecular formula is C11H12BrF2NO2. The van der Waals surface area contributed by atoms with Gasteiger partial charge in [0.25, 0.3) is 5.91 Å². The van der Waals surface area contributed by atoms with E-state index in [0.717, 1.165) is 0 Å². The van der Waals surface area contributed by atoms with Gasteiger partial charge in [0.15, 0.2) is 0 Å². The second kappa shape index (κ2) is 6.54. The van der Waals surface area contributed by atoms with Crippen LogP contribution < -0.4 is 10.1 Å². The van der Waals surface area contributed by atoms with Crippen LogP contribution in [0.2, 0.25) is 0 Å². The first-order chi connectivity index (χ1) is 8.02. The van der Waals surface area contributed by atoms with Crippen molar-refractivity contribution in [1.82, 2.24) is 5.32 Å². The van der Waals surface area contributed by atoms with E-state index in [1.807, 2.05) is 6.92 Å². The third-order valence-corrected chi connectivity index (χ3v) is 2.90. The fourth-order valence-electron chi connectivity index (χ4n) is 1.16. The van der Waals surface area contributed by atoms with Gasteiger partial charge < -0.3 is 10.1 Å². The van der Waals surface area contributed by atoms with Crippen LogP contribution in [0.3, 0.4) is 0 Å². The van der Waals surface area contributed by atoms with Crippen molar-refractivity contribution in [2.75, 3.05) is 5.33 Å². The maximum atomic E-state index is 12.0. The largest absolute Gasteiger partial charge is 0.435 e. The Morgan fingerprint density at radius 3 is 2.82 bits per heavy atom. The zero-order chi connectivity index (χ0) is 12.8. The minimum atomic E-state index is -2.89. The number of carbonyl (C=O) groups excluding carboxylic acids is 1. The molecular weight excluding hydrogens is 296 g/mol. The number of carbonyl (C=O) groups is 1. The van der Waals surface area contributed by atoms with Crippen molar-refractivity contribution in [3.05, 3.63) is 29.8 Å². The summed E-state index contributed by atoms with van der Waals surface area (Å²) in [5, 5.41) is 3.31. The number of rotatable bonds is 5. The fourth-order valence-corrected chi connectivity index (χ4v) is 1.32. The third-order valence-electron chi connectivity index (χ3n) is 1.93. The molecule has 1 aromatic carbocycles. The summed E-state index contributed by atoms with van der Waals surface area (Å²) in [7, 11) is 0. The van der Waals surface area contributed by atoms with Gasteiger partial charge in [0.2, 0.25) is 0 Å². The Bertz CT molecular complexity index is 387. The molecule has 0 aromatic heterocycles. The van der Waals surface area contributed by atoms with Gasteiger partial charge in [-0.1, -0.05) is 22.0 Å². The van der Waals surface area contributed by atoms with Crippen molar-refractivity contribution in [2.45, 2.75) is 19.6 Å². The Morgan fingerprint density at radius 2 is 2.24 bits per heavy atom. The predicted molar refractivity (Wildman–Crippen MR) is 63.8 cm³/mol. The maximum Gasteiger partial charge on any atom is 0.387 e. The van der Waals surface area contributed by atoms with E-state index in [2.05, 4.69) is 26.0 Å². The first kappa shape index (κ1) is 13.9. The molecule has 1 unspecified atom stereocenters. The van der Waals surface area contributed by atoms with E-state index in [4.69, 9.17) is 0 Å². The van der Waals surface area contributed by atoms with Crippen LogP contribution in [0.15, 0.2) is 24.3 Å². The Labute approximate surface area is 106 Å². The molecule has 0 saturated carbocycles. The number of halogens is 3. The molecule has 17 heavy (non-hydrogen) atoms. The summed E-state index contributed by atoms with van der Waals surface area (Å²) in [6.45, 7) is -1.07. The monoisotopic (exact) mass is 307 g/mol. The Hall–Kier alpha value is -1.17. The first-order valence-corrected chi connectivity index (χ1v) is 6.06. The van der Waals surface area contributed by atoms with Crippen LogP contribution in [-0.4, -0.2) is 23.9 Å². The minimum absolute atomic E-state index is 0.0286. The summed E-state index contributed by atoms with van der Waals surface area (Å²) in [6, 6.07) is 5.64. The Balaban J connectivity index is 2.73. The molecule has 0 aliphatic carbocycles. The lowest BCUT2D eigenvalue weighted by molar-refractivity contribution is -0.0498. The highest BCUT2D eigenvalue weighted by atomic mass is 79.9. The number of nitrogens with one attached hydrogen (secondary N) is 1. The maximum absolute atomic E-state index is 12.0. The topological polar surface area (TPSA) is 38.3 Å². The van der Waals surface area contributed by atoms with Gasteiger partial charge in [-0.15, -0.1) is 0 Å². The summed E-state index contributed by atoms with van der Waals surface area (Å²) in [4.78, 5) is 11.7. The van der Waals surface area contributed by atoms with Gasteiger partial charge in [-0.3, -0.25) is 4.79 Å². The number of amides is 1. The lowest BCUT2D eigenvalue weighted by Gasteiger charge is -2.11. The highest BCUT2D eigenvalue weighted by Gasteiger charge is 2.11. The van der Waals surface area contributed by atoms with Gasteiger partial charge in [0, 0.05) is 16.9 Å². The molecule has 1 atom stereocenters. The molecule has 1 rings (SSSR count). The van der Waals surface area contributed by atoms with Crippen LogP contribution >= 0.6 is 15.9 Å². The summed E-state index contributed by atoms with van der Waals surface area (Å²) < 4.78 is 28.2. The third kappa shape index (κ3) is 4.68. The molecule has 0 aliphatic heterocycles. The SMILES string of the molecule is CC(CBr)NC(=O)c1cccc(OC(F)F)c1. The zero-order valence-electron chi connectivity index (χ0n) is 9.12. The normalized spacial score (nSPS) is 12.3. The van der Waals surface area contributed by atoms with E-state index in [1.54, 1.807) is 0 Å². The highest BCUT2D eigenvalue weighted by molar-refractivity contribution is 9.09. The molecule has 1 N–H and O–H groups in total. The van der Waals surface area contributed by atoms with Crippen LogP contribution in [0.25, 0.3) is 0 Å². The standard InChI is InChI=1S/C11H12BrF2NO2/c1-7(6-12)15-10(16)8-3-2-4-9(5-8)17-11(13)14/h2-5,7,11H,6H2,1H3,(H,15,16). The van der Waals surface area contributed by atoms with Crippen molar-refractivity contribution in [2.24, 2.45) is 0 Å². The molecule has 6 heteroatoms. The number of hydrogen-bond acceptors (Lipinski definition) is 2. The number of ether oxygens (including phenoxy) is 1. The summed E-state index contributed by atoms with van der Waals surface area (Å²) in [5.74, 6) is -0.351. The van der Waals surface area contributed by atoms with Crippen LogP contribution in [0.1, 0.15) is 17.3 Å². The first-order valence-electron chi connectivity index (χ1n) is 4.94. The second-order valence-corrected chi connectivity index (χ2v) is 4.08. The number of alkyl halides is 3. The van der Waals surface area contributed by atoms with E-state index < -0.39 is 6.61 Å². The minimum Gasteiger partial charge on any atom is -0.435 e. The van der Waals surface area contributed by atoms with Gasteiger partial charge in [0.1, 0.15) is 5.75 Å². The summed E-state index contributed by atoms with van der Waals surface area (Å²) in [6.07, 6.45) is 0. The predicted octanol–water partition coefficient (Wildman–Crippen LogP) is 2.80. The smallest absolute Gasteiger partial charge is 0.387 e. The van der Waals surface area contributed by atoms with Gasteiger partial charge in [-0.25, -0.2) is 0 Å². The van der Waals surface area contributed by atoms with Gasteiger partial charge in [-0.05, 0) is 25.1 Å². The van der Waals surface area contributed by atoms with E-state index >= 15 is 0 Å². The lowest BCUT2D eigenvalue weighted by atomic mass is 10.2. The molecule has 0 spiro atoms. The molecule has 1 aromatic rings. The molecule has 0 heterocycles. The van der Waals surface area contributed by atoms with Crippen LogP contribution in [-0.2, 0) is 0 Å². The quantitative estimate of drug-likeness (QED) is 0.850. The zero-order valence-corrected chi connectivity index (χ0v) is 10.7. The fraction of sp³-hybridized carbons (Fsp3) is 0.364. The van der Waals surface area contributed by atoms with Crippen LogP contribution in [0, 0.1) is 0 Å². The van der Waals surface area contributed by atoms with Crippen molar-refractivity contribution in [1.29, 1.82) is 0 Å². The molecule has 0 saturated heterocycles. The van der Waals surface area contributed by atoms with Crippen LogP contribution in [0.4, 0.5) is 8.78 Å². The number of benzene rings is 1. The van der Waals surface area contributed by atoms with Crippen molar-refractivity contribution in [3.63, 3.8) is 0 Å². The van der Waals surface area contributed by atoms with Crippen LogP contribution in [0.5, 0.6) is 5.75 Å². The Kier molecular flexibility index (Phi) is 5.34. The van der Waals surface area contributed by atoms with Crippen molar-refractivity contribution in [3.8, 4) is 5.75 Å². The molecule has 0 bridgehead atoms. The summed E-state index contributed by atoms with van der Waals surface area (Å²) >= 11 is 3.22. The van der Waals surface area contributed by atoms with Gasteiger partial charge in [0.05, 0.1) is 0 Å². The number of hydrogen-bond donors (Lipinski definition) is 1. The van der Waals surface area contributed by atoms with E-state index in [1.165, 1.54) is 24.3 Å². The molecule has 0 fully saturated rings. The van der Waals surface area contributed by atoms with E-state index in [0.29, 0.717) is 5.33 Å². The van der Waals surface area contributed by atoms with Gasteiger partial charge >= 0.3 is 6.61 Å². The summed E-state index contributed by atoms with van der Waals surface area (Å²) in [5.41, 5.74) is 0.288.